The molecule has 3 aromatic rings. The number of rotatable bonds is 6. The third kappa shape index (κ3) is 6.43. The van der Waals surface area contributed by atoms with Crippen LogP contribution in [0, 0.1) is 0 Å². The third-order valence-electron chi connectivity index (χ3n) is 4.41. The van der Waals surface area contributed by atoms with E-state index in [1.54, 1.807) is 19.3 Å². The van der Waals surface area contributed by atoms with Crippen LogP contribution in [0.2, 0.25) is 5.15 Å². The van der Waals surface area contributed by atoms with E-state index in [4.69, 9.17) is 16.6 Å². The summed E-state index contributed by atoms with van der Waals surface area (Å²) in [4.78, 5) is 15.1. The zero-order valence-electron chi connectivity index (χ0n) is 16.8. The fraction of sp³-hybridized carbons (Fsp3) is 0.286. The molecule has 0 aliphatic carbocycles. The Morgan fingerprint density at radius 3 is 2.62 bits per heavy atom. The summed E-state index contributed by atoms with van der Waals surface area (Å²) < 4.78 is 0. The molecule has 29 heavy (non-hydrogen) atoms. The van der Waals surface area contributed by atoms with Crippen molar-refractivity contribution in [2.45, 2.75) is 13.0 Å². The summed E-state index contributed by atoms with van der Waals surface area (Å²) in [5.74, 6) is 1.70. The first-order valence-corrected chi connectivity index (χ1v) is 9.55. The Morgan fingerprint density at radius 1 is 1.14 bits per heavy atom. The van der Waals surface area contributed by atoms with E-state index >= 15 is 0 Å². The highest BCUT2D eigenvalue weighted by Gasteiger charge is 2.08. The third-order valence-corrected chi connectivity index (χ3v) is 4.63. The molecule has 2 aromatic heterocycles. The molecule has 3 rings (SSSR count). The summed E-state index contributed by atoms with van der Waals surface area (Å²) in [5.41, 5.74) is 3.30. The number of fused-ring (bicyclic) bond motifs is 1. The van der Waals surface area contributed by atoms with Gasteiger partial charge in [0.15, 0.2) is 5.96 Å². The molecule has 0 radical (unpaired) electrons. The Hall–Kier alpha value is -2.13. The normalized spacial score (nSPS) is 11.1. The molecule has 0 fully saturated rings. The quantitative estimate of drug-likeness (QED) is 0.222. The zero-order valence-corrected chi connectivity index (χ0v) is 19.9. The molecule has 0 aliphatic rings. The predicted molar refractivity (Wildman–Crippen MR) is 133 cm³/mol. The van der Waals surface area contributed by atoms with Crippen LogP contribution in [-0.2, 0) is 13.0 Å². The second-order valence-electron chi connectivity index (χ2n) is 6.64. The van der Waals surface area contributed by atoms with E-state index < -0.39 is 0 Å². The Morgan fingerprint density at radius 2 is 1.93 bits per heavy atom. The molecule has 6 nitrogen and oxygen atoms in total. The summed E-state index contributed by atoms with van der Waals surface area (Å²) >= 11 is 5.83. The van der Waals surface area contributed by atoms with Crippen LogP contribution in [0.1, 0.15) is 11.1 Å². The number of aromatic nitrogens is 2. The number of para-hydroxylation sites is 1. The largest absolute Gasteiger partial charge is 0.363 e. The van der Waals surface area contributed by atoms with E-state index in [0.717, 1.165) is 41.2 Å². The van der Waals surface area contributed by atoms with Gasteiger partial charge in [-0.15, -0.1) is 24.0 Å². The van der Waals surface area contributed by atoms with Gasteiger partial charge in [0.2, 0.25) is 0 Å². The van der Waals surface area contributed by atoms with E-state index in [9.17, 15) is 0 Å². The van der Waals surface area contributed by atoms with Crippen molar-refractivity contribution in [1.82, 2.24) is 20.6 Å². The van der Waals surface area contributed by atoms with Crippen LogP contribution < -0.4 is 15.5 Å². The molecule has 0 amide bonds. The zero-order chi connectivity index (χ0) is 19.9. The lowest BCUT2D eigenvalue weighted by molar-refractivity contribution is 0.794. The van der Waals surface area contributed by atoms with Crippen molar-refractivity contribution in [1.29, 1.82) is 0 Å². The lowest BCUT2D eigenvalue weighted by atomic mass is 10.1. The Kier molecular flexibility index (Phi) is 8.91. The molecule has 0 unspecified atom stereocenters. The SMILES string of the molecule is CN=C(NCCc1ccc(Cl)nc1)NCc1cc(N(C)C)nc2ccccc12.I. The molecule has 1 aromatic carbocycles. The molecular formula is C21H26ClIN6. The lowest BCUT2D eigenvalue weighted by Gasteiger charge is -2.17. The molecule has 0 atom stereocenters. The highest BCUT2D eigenvalue weighted by molar-refractivity contribution is 14.0. The van der Waals surface area contributed by atoms with Gasteiger partial charge in [0.25, 0.3) is 0 Å². The molecule has 0 spiro atoms. The van der Waals surface area contributed by atoms with Gasteiger partial charge in [0.1, 0.15) is 11.0 Å². The number of nitrogens with one attached hydrogen (secondary N) is 2. The van der Waals surface area contributed by atoms with Crippen LogP contribution in [0.4, 0.5) is 5.82 Å². The fourth-order valence-corrected chi connectivity index (χ4v) is 3.00. The average Bonchev–Trinajstić information content (AvgIpc) is 2.71. The average molecular weight is 525 g/mol. The van der Waals surface area contributed by atoms with Crippen LogP contribution in [0.5, 0.6) is 0 Å². The smallest absolute Gasteiger partial charge is 0.191 e. The first-order valence-electron chi connectivity index (χ1n) is 9.18. The first kappa shape index (κ1) is 23.2. The maximum absolute atomic E-state index is 5.83. The minimum absolute atomic E-state index is 0. The molecule has 154 valence electrons. The van der Waals surface area contributed by atoms with E-state index in [2.05, 4.69) is 32.7 Å². The van der Waals surface area contributed by atoms with Crippen LogP contribution in [0.15, 0.2) is 53.7 Å². The van der Waals surface area contributed by atoms with Crippen molar-refractivity contribution in [3.63, 3.8) is 0 Å². The van der Waals surface area contributed by atoms with Gasteiger partial charge in [-0.1, -0.05) is 35.9 Å². The molecule has 8 heteroatoms. The van der Waals surface area contributed by atoms with Crippen molar-refractivity contribution in [2.24, 2.45) is 4.99 Å². The Balaban J connectivity index is 0.00000300. The number of aliphatic imine (C=N–C) groups is 1. The molecule has 2 heterocycles. The number of halogens is 2. The standard InChI is InChI=1S/C21H25ClN6.HI/c1-23-21(24-11-10-15-8-9-19(22)25-13-15)26-14-16-12-20(28(2)3)27-18-7-5-4-6-17(16)18;/h4-9,12-13H,10-11,14H2,1-3H3,(H2,23,24,26);1H. The second kappa shape index (κ2) is 11.2. The van der Waals surface area contributed by atoms with Crippen molar-refractivity contribution < 1.29 is 0 Å². The summed E-state index contributed by atoms with van der Waals surface area (Å²) in [5, 5.41) is 8.39. The van der Waals surface area contributed by atoms with Crippen LogP contribution >= 0.6 is 35.6 Å². The number of hydrogen-bond acceptors (Lipinski definition) is 4. The number of pyridine rings is 2. The summed E-state index contributed by atoms with van der Waals surface area (Å²) in [6.07, 6.45) is 2.64. The van der Waals surface area contributed by atoms with Crippen molar-refractivity contribution >= 4 is 58.3 Å². The lowest BCUT2D eigenvalue weighted by Crippen LogP contribution is -2.38. The molecular weight excluding hydrogens is 499 g/mol. The van der Waals surface area contributed by atoms with E-state index in [1.165, 1.54) is 5.56 Å². The number of anilines is 1. The van der Waals surface area contributed by atoms with Gasteiger partial charge in [-0.05, 0) is 35.7 Å². The first-order chi connectivity index (χ1) is 13.6. The minimum atomic E-state index is 0. The van der Waals surface area contributed by atoms with Gasteiger partial charge in [-0.2, -0.15) is 0 Å². The van der Waals surface area contributed by atoms with Gasteiger partial charge in [-0.25, -0.2) is 9.97 Å². The van der Waals surface area contributed by atoms with E-state index in [-0.39, 0.29) is 24.0 Å². The molecule has 0 saturated heterocycles. The molecule has 2 N–H and O–H groups in total. The maximum Gasteiger partial charge on any atom is 0.191 e. The van der Waals surface area contributed by atoms with Gasteiger partial charge < -0.3 is 15.5 Å². The van der Waals surface area contributed by atoms with E-state index in [0.29, 0.717) is 11.7 Å². The van der Waals surface area contributed by atoms with Gasteiger partial charge in [0, 0.05) is 45.8 Å². The number of hydrogen-bond donors (Lipinski definition) is 2. The van der Waals surface area contributed by atoms with Crippen molar-refractivity contribution in [3.8, 4) is 0 Å². The van der Waals surface area contributed by atoms with Crippen LogP contribution in [0.3, 0.4) is 0 Å². The van der Waals surface area contributed by atoms with Crippen molar-refractivity contribution in [3.05, 3.63) is 64.9 Å². The molecule has 0 aliphatic heterocycles. The second-order valence-corrected chi connectivity index (χ2v) is 7.03. The Labute approximate surface area is 193 Å². The number of nitrogens with zero attached hydrogens (tertiary/aromatic N) is 4. The fourth-order valence-electron chi connectivity index (χ4n) is 2.89. The van der Waals surface area contributed by atoms with E-state index in [1.807, 2.05) is 43.3 Å². The summed E-state index contributed by atoms with van der Waals surface area (Å²) in [6, 6.07) is 14.1. The number of guanidine groups is 1. The highest BCUT2D eigenvalue weighted by atomic mass is 127. The molecule has 0 bridgehead atoms. The highest BCUT2D eigenvalue weighted by Crippen LogP contribution is 2.21. The van der Waals surface area contributed by atoms with Crippen LogP contribution in [-0.4, -0.2) is 43.6 Å². The maximum atomic E-state index is 5.83. The molecule has 0 saturated carbocycles. The van der Waals surface area contributed by atoms with Gasteiger partial charge in [-0.3, -0.25) is 4.99 Å². The topological polar surface area (TPSA) is 65.4 Å². The predicted octanol–water partition coefficient (Wildman–Crippen LogP) is 3.87. The monoisotopic (exact) mass is 524 g/mol. The summed E-state index contributed by atoms with van der Waals surface area (Å²) in [7, 11) is 5.77. The Bertz CT molecular complexity index is 959. The van der Waals surface area contributed by atoms with Crippen LogP contribution in [0.25, 0.3) is 10.9 Å². The van der Waals surface area contributed by atoms with Gasteiger partial charge >= 0.3 is 0 Å². The summed E-state index contributed by atoms with van der Waals surface area (Å²) in [6.45, 7) is 1.41. The number of benzene rings is 1. The van der Waals surface area contributed by atoms with Crippen molar-refractivity contribution in [2.75, 3.05) is 32.6 Å². The van der Waals surface area contributed by atoms with Gasteiger partial charge in [0.05, 0.1) is 5.52 Å². The minimum Gasteiger partial charge on any atom is -0.363 e.